The highest BCUT2D eigenvalue weighted by atomic mass is 35.5. The number of nitrogens with zero attached hydrogens (tertiary/aromatic N) is 1. The van der Waals surface area contributed by atoms with Crippen LogP contribution in [-0.4, -0.2) is 25.2 Å². The topological polar surface area (TPSA) is 29.0 Å². The minimum atomic E-state index is 0. The molecule has 3 rings (SSSR count). The molecular formula is C17H29Cl2N3. The normalized spacial score (nSPS) is 15.9. The lowest BCUT2D eigenvalue weighted by molar-refractivity contribution is 0.498. The van der Waals surface area contributed by atoms with E-state index in [1.807, 2.05) is 14.1 Å². The van der Waals surface area contributed by atoms with Crippen molar-refractivity contribution in [3.63, 3.8) is 0 Å². The van der Waals surface area contributed by atoms with E-state index >= 15 is 0 Å². The first-order chi connectivity index (χ1) is 9.74. The van der Waals surface area contributed by atoms with Crippen molar-refractivity contribution in [1.82, 2.24) is 15.2 Å². The summed E-state index contributed by atoms with van der Waals surface area (Å²) in [6.07, 6.45) is 2.36. The predicted octanol–water partition coefficient (Wildman–Crippen LogP) is 3.94. The molecule has 3 nitrogen and oxygen atoms in total. The molecule has 1 aromatic heterocycles. The SMILES string of the molecule is CCCn1c2c(c3ccccc31)CCNC2C.CNC.Cl.Cl. The molecule has 126 valence electrons. The fourth-order valence-electron chi connectivity index (χ4n) is 3.13. The third kappa shape index (κ3) is 4.17. The molecule has 5 heteroatoms. The minimum Gasteiger partial charge on any atom is -0.343 e. The van der Waals surface area contributed by atoms with Crippen molar-refractivity contribution in [3.8, 4) is 0 Å². The van der Waals surface area contributed by atoms with Crippen molar-refractivity contribution < 1.29 is 0 Å². The van der Waals surface area contributed by atoms with E-state index < -0.39 is 0 Å². The standard InChI is InChI=1S/C15H20N2.C2H7N.2ClH/c1-3-10-17-14-7-5-4-6-12(14)13-8-9-16-11(2)15(13)17;1-3-2;;/h4-7,11,16H,3,8-10H2,1-2H3;3H,1-2H3;2*1H. The molecule has 0 spiro atoms. The van der Waals surface area contributed by atoms with Gasteiger partial charge in [0.25, 0.3) is 0 Å². The summed E-state index contributed by atoms with van der Waals surface area (Å²) in [7, 11) is 3.75. The largest absolute Gasteiger partial charge is 0.343 e. The van der Waals surface area contributed by atoms with Gasteiger partial charge in [-0.15, -0.1) is 24.8 Å². The quantitative estimate of drug-likeness (QED) is 0.863. The zero-order valence-electron chi connectivity index (χ0n) is 14.0. The maximum absolute atomic E-state index is 3.58. The van der Waals surface area contributed by atoms with Crippen LogP contribution in [0.4, 0.5) is 0 Å². The second-order valence-electron chi connectivity index (χ2n) is 5.46. The van der Waals surface area contributed by atoms with Crippen LogP contribution in [0, 0.1) is 0 Å². The molecule has 0 amide bonds. The van der Waals surface area contributed by atoms with Gasteiger partial charge < -0.3 is 15.2 Å². The Hall–Kier alpha value is -0.740. The van der Waals surface area contributed by atoms with Gasteiger partial charge in [-0.25, -0.2) is 0 Å². The molecule has 0 saturated carbocycles. The summed E-state index contributed by atoms with van der Waals surface area (Å²) < 4.78 is 2.52. The first-order valence-corrected chi connectivity index (χ1v) is 7.66. The maximum atomic E-state index is 3.58. The fraction of sp³-hybridized carbons (Fsp3) is 0.529. The van der Waals surface area contributed by atoms with E-state index in [1.165, 1.54) is 23.0 Å². The molecule has 0 aliphatic carbocycles. The van der Waals surface area contributed by atoms with Crippen molar-refractivity contribution in [2.75, 3.05) is 20.6 Å². The number of hydrogen-bond acceptors (Lipinski definition) is 2. The van der Waals surface area contributed by atoms with Crippen LogP contribution in [0.3, 0.4) is 0 Å². The molecule has 0 radical (unpaired) electrons. The number of aryl methyl sites for hydroxylation is 1. The Kier molecular flexibility index (Phi) is 9.77. The van der Waals surface area contributed by atoms with E-state index in [2.05, 4.69) is 53.3 Å². The Bertz CT molecular complexity index is 566. The number of nitrogens with one attached hydrogen (secondary N) is 2. The highest BCUT2D eigenvalue weighted by Crippen LogP contribution is 2.33. The monoisotopic (exact) mass is 345 g/mol. The van der Waals surface area contributed by atoms with Crippen LogP contribution in [0.5, 0.6) is 0 Å². The molecule has 0 fully saturated rings. The summed E-state index contributed by atoms with van der Waals surface area (Å²) in [6, 6.07) is 9.33. The van der Waals surface area contributed by atoms with Crippen LogP contribution in [-0.2, 0) is 13.0 Å². The van der Waals surface area contributed by atoms with E-state index in [0.29, 0.717) is 6.04 Å². The number of para-hydroxylation sites is 1. The van der Waals surface area contributed by atoms with Gasteiger partial charge in [0.2, 0.25) is 0 Å². The molecule has 0 saturated heterocycles. The number of halogens is 2. The summed E-state index contributed by atoms with van der Waals surface area (Å²) in [5.41, 5.74) is 4.49. The number of fused-ring (bicyclic) bond motifs is 3. The molecule has 1 unspecified atom stereocenters. The molecule has 1 atom stereocenters. The van der Waals surface area contributed by atoms with Gasteiger partial charge in [-0.2, -0.15) is 0 Å². The number of aromatic nitrogens is 1. The summed E-state index contributed by atoms with van der Waals surface area (Å²) >= 11 is 0. The molecular weight excluding hydrogens is 317 g/mol. The van der Waals surface area contributed by atoms with Gasteiger partial charge in [0.05, 0.1) is 0 Å². The smallest absolute Gasteiger partial charge is 0.0485 e. The van der Waals surface area contributed by atoms with Crippen LogP contribution < -0.4 is 10.6 Å². The number of hydrogen-bond donors (Lipinski definition) is 2. The molecule has 0 bridgehead atoms. The van der Waals surface area contributed by atoms with Crippen molar-refractivity contribution in [2.24, 2.45) is 0 Å². The van der Waals surface area contributed by atoms with Gasteiger partial charge in [-0.05, 0) is 52.0 Å². The third-order valence-corrected chi connectivity index (χ3v) is 3.80. The Morgan fingerprint density at radius 3 is 2.50 bits per heavy atom. The molecule has 2 heterocycles. The summed E-state index contributed by atoms with van der Waals surface area (Å²) in [4.78, 5) is 0. The lowest BCUT2D eigenvalue weighted by Gasteiger charge is -2.23. The second kappa shape index (κ2) is 10.1. The fourth-order valence-corrected chi connectivity index (χ4v) is 3.13. The van der Waals surface area contributed by atoms with E-state index in [4.69, 9.17) is 0 Å². The zero-order chi connectivity index (χ0) is 14.5. The molecule has 22 heavy (non-hydrogen) atoms. The van der Waals surface area contributed by atoms with Crippen molar-refractivity contribution in [3.05, 3.63) is 35.5 Å². The van der Waals surface area contributed by atoms with E-state index in [0.717, 1.165) is 19.5 Å². The summed E-state index contributed by atoms with van der Waals surface area (Å²) in [5.74, 6) is 0. The van der Waals surface area contributed by atoms with E-state index in [1.54, 1.807) is 5.56 Å². The maximum Gasteiger partial charge on any atom is 0.0485 e. The lowest BCUT2D eigenvalue weighted by atomic mass is 10.0. The Morgan fingerprint density at radius 2 is 1.86 bits per heavy atom. The van der Waals surface area contributed by atoms with Crippen LogP contribution in [0.25, 0.3) is 10.9 Å². The average molecular weight is 346 g/mol. The number of benzene rings is 1. The summed E-state index contributed by atoms with van der Waals surface area (Å²) in [6.45, 7) is 6.77. The second-order valence-corrected chi connectivity index (χ2v) is 5.46. The average Bonchev–Trinajstić information content (AvgIpc) is 2.77. The van der Waals surface area contributed by atoms with Crippen molar-refractivity contribution in [1.29, 1.82) is 0 Å². The van der Waals surface area contributed by atoms with Crippen LogP contribution in [0.15, 0.2) is 24.3 Å². The molecule has 1 aromatic carbocycles. The van der Waals surface area contributed by atoms with E-state index in [-0.39, 0.29) is 24.8 Å². The summed E-state index contributed by atoms with van der Waals surface area (Å²) in [5, 5.41) is 7.79. The van der Waals surface area contributed by atoms with Gasteiger partial charge in [-0.3, -0.25) is 0 Å². The molecule has 2 N–H and O–H groups in total. The van der Waals surface area contributed by atoms with Crippen LogP contribution in [0.2, 0.25) is 0 Å². The highest BCUT2D eigenvalue weighted by Gasteiger charge is 2.23. The molecule has 1 aliphatic rings. The Balaban J connectivity index is 0.000000820. The minimum absolute atomic E-state index is 0. The molecule has 2 aromatic rings. The van der Waals surface area contributed by atoms with Crippen LogP contribution in [0.1, 0.15) is 37.6 Å². The zero-order valence-corrected chi connectivity index (χ0v) is 15.6. The first kappa shape index (κ1) is 21.3. The highest BCUT2D eigenvalue weighted by molar-refractivity contribution is 5.86. The first-order valence-electron chi connectivity index (χ1n) is 7.66. The Labute approximate surface area is 146 Å². The van der Waals surface area contributed by atoms with Gasteiger partial charge in [-0.1, -0.05) is 25.1 Å². The predicted molar refractivity (Wildman–Crippen MR) is 102 cm³/mol. The Morgan fingerprint density at radius 1 is 1.23 bits per heavy atom. The van der Waals surface area contributed by atoms with Gasteiger partial charge >= 0.3 is 0 Å². The third-order valence-electron chi connectivity index (χ3n) is 3.80. The van der Waals surface area contributed by atoms with Crippen molar-refractivity contribution in [2.45, 2.75) is 39.3 Å². The number of rotatable bonds is 2. The lowest BCUT2D eigenvalue weighted by Crippen LogP contribution is -2.29. The van der Waals surface area contributed by atoms with Crippen LogP contribution >= 0.6 is 24.8 Å². The van der Waals surface area contributed by atoms with Gasteiger partial charge in [0, 0.05) is 29.2 Å². The molecule has 1 aliphatic heterocycles. The van der Waals surface area contributed by atoms with Gasteiger partial charge in [0.1, 0.15) is 0 Å². The van der Waals surface area contributed by atoms with Crippen molar-refractivity contribution >= 4 is 35.7 Å². The van der Waals surface area contributed by atoms with E-state index in [9.17, 15) is 0 Å². The van der Waals surface area contributed by atoms with Gasteiger partial charge in [0.15, 0.2) is 0 Å².